The molecular formula is C39H78O4. The van der Waals surface area contributed by atoms with Gasteiger partial charge >= 0.3 is 0 Å². The van der Waals surface area contributed by atoms with Crippen molar-refractivity contribution in [3.05, 3.63) is 12.3 Å². The lowest BCUT2D eigenvalue weighted by molar-refractivity contribution is -0.148. The van der Waals surface area contributed by atoms with Gasteiger partial charge in [-0.05, 0) is 51.0 Å². The van der Waals surface area contributed by atoms with Gasteiger partial charge in [0.1, 0.15) is 0 Å². The van der Waals surface area contributed by atoms with Crippen LogP contribution in [0.2, 0.25) is 0 Å². The van der Waals surface area contributed by atoms with Crippen LogP contribution < -0.4 is 0 Å². The van der Waals surface area contributed by atoms with Crippen molar-refractivity contribution in [1.82, 2.24) is 0 Å². The van der Waals surface area contributed by atoms with Gasteiger partial charge in [-0.2, -0.15) is 0 Å². The lowest BCUT2D eigenvalue weighted by atomic mass is 10.1. The third-order valence-corrected chi connectivity index (χ3v) is 8.40. The quantitative estimate of drug-likeness (QED) is 0.0396. The first-order valence-electron chi connectivity index (χ1n) is 19.4. The van der Waals surface area contributed by atoms with Crippen molar-refractivity contribution in [1.29, 1.82) is 0 Å². The van der Waals surface area contributed by atoms with E-state index in [9.17, 15) is 0 Å². The minimum Gasteiger partial charge on any atom is -0.475 e. The molecule has 0 heterocycles. The molecule has 0 spiro atoms. The fraction of sp³-hybridized carbons (Fsp3) is 0.949. The highest BCUT2D eigenvalue weighted by molar-refractivity contribution is 4.72. The van der Waals surface area contributed by atoms with Crippen LogP contribution in [0.3, 0.4) is 0 Å². The molecule has 0 bridgehead atoms. The molecule has 0 aromatic carbocycles. The number of rotatable bonds is 38. The van der Waals surface area contributed by atoms with Gasteiger partial charge in [0.15, 0.2) is 13.1 Å². The summed E-state index contributed by atoms with van der Waals surface area (Å²) in [7, 11) is 0. The lowest BCUT2D eigenvalue weighted by Crippen LogP contribution is -2.19. The van der Waals surface area contributed by atoms with Crippen molar-refractivity contribution in [3.8, 4) is 0 Å². The van der Waals surface area contributed by atoms with Crippen molar-refractivity contribution >= 4 is 0 Å². The van der Waals surface area contributed by atoms with Gasteiger partial charge in [0, 0.05) is 13.2 Å². The third kappa shape index (κ3) is 37.5. The van der Waals surface area contributed by atoms with Gasteiger partial charge in [0.2, 0.25) is 0 Å². The van der Waals surface area contributed by atoms with Crippen LogP contribution in [0, 0.1) is 0 Å². The average Bonchev–Trinajstić information content (AvgIpc) is 3.02. The molecule has 0 aliphatic heterocycles. The number of allylic oxidation sites excluding steroid dienone is 1. The topological polar surface area (TPSA) is 36.9 Å². The van der Waals surface area contributed by atoms with E-state index in [-0.39, 0.29) is 6.29 Å². The standard InChI is InChI=1S/C39H78O4/c1-4-7-10-13-20-26-31-36-42-39(43-37-32-27-21-14-11-8-5-2)33-28-23-19-17-16-18-22-25-30-35-41-38-40-34-29-24-15-12-9-6-3/h30,35,39H,4-29,31-34,36-38H2,1-3H3. The second kappa shape index (κ2) is 39.4. The molecule has 0 fully saturated rings. The molecule has 4 nitrogen and oxygen atoms in total. The summed E-state index contributed by atoms with van der Waals surface area (Å²) in [5.74, 6) is 0. The highest BCUT2D eigenvalue weighted by atomic mass is 16.7. The smallest absolute Gasteiger partial charge is 0.188 e. The molecule has 0 rings (SSSR count). The fourth-order valence-corrected chi connectivity index (χ4v) is 5.49. The van der Waals surface area contributed by atoms with Gasteiger partial charge in [-0.3, -0.25) is 0 Å². The van der Waals surface area contributed by atoms with E-state index in [4.69, 9.17) is 18.9 Å². The Kier molecular flexibility index (Phi) is 38.9. The lowest BCUT2D eigenvalue weighted by Gasteiger charge is -2.19. The van der Waals surface area contributed by atoms with Gasteiger partial charge in [0.25, 0.3) is 0 Å². The zero-order valence-corrected chi connectivity index (χ0v) is 29.7. The van der Waals surface area contributed by atoms with Gasteiger partial charge in [-0.15, -0.1) is 0 Å². The zero-order valence-electron chi connectivity index (χ0n) is 29.7. The SMILES string of the molecule is CCCCCCCCCOC(CCCCCCCCCC=COCOCCCCCCCC)OCCCCCCCCC. The van der Waals surface area contributed by atoms with Crippen molar-refractivity contribution in [2.75, 3.05) is 26.6 Å². The number of ether oxygens (including phenoxy) is 4. The summed E-state index contributed by atoms with van der Waals surface area (Å²) >= 11 is 0. The minimum atomic E-state index is 0.00939. The van der Waals surface area contributed by atoms with Crippen molar-refractivity contribution < 1.29 is 18.9 Å². The molecule has 0 saturated carbocycles. The Balaban J connectivity index is 3.74. The van der Waals surface area contributed by atoms with Crippen LogP contribution in [0.25, 0.3) is 0 Å². The average molecular weight is 611 g/mol. The Bertz CT molecular complexity index is 489. The third-order valence-electron chi connectivity index (χ3n) is 8.40. The van der Waals surface area contributed by atoms with Gasteiger partial charge in [-0.1, -0.05) is 162 Å². The summed E-state index contributed by atoms with van der Waals surface area (Å²) in [6.07, 6.45) is 41.6. The zero-order chi connectivity index (χ0) is 31.2. The Labute approximate surface area is 270 Å². The maximum absolute atomic E-state index is 6.22. The molecule has 0 aliphatic rings. The predicted molar refractivity (Wildman–Crippen MR) is 188 cm³/mol. The summed E-state index contributed by atoms with van der Waals surface area (Å²) in [5.41, 5.74) is 0. The maximum Gasteiger partial charge on any atom is 0.188 e. The van der Waals surface area contributed by atoms with E-state index in [0.29, 0.717) is 6.79 Å². The van der Waals surface area contributed by atoms with Gasteiger partial charge in [-0.25, -0.2) is 0 Å². The van der Waals surface area contributed by atoms with Crippen LogP contribution in [-0.4, -0.2) is 32.9 Å². The molecule has 0 amide bonds. The molecule has 0 aliphatic carbocycles. The molecule has 0 radical (unpaired) electrons. The van der Waals surface area contributed by atoms with E-state index in [2.05, 4.69) is 26.8 Å². The van der Waals surface area contributed by atoms with Crippen molar-refractivity contribution in [3.63, 3.8) is 0 Å². The molecule has 0 unspecified atom stereocenters. The molecule has 0 aromatic rings. The van der Waals surface area contributed by atoms with Crippen LogP contribution in [0.4, 0.5) is 0 Å². The molecule has 0 N–H and O–H groups in total. The number of hydrogen-bond donors (Lipinski definition) is 0. The van der Waals surface area contributed by atoms with E-state index in [0.717, 1.165) is 39.1 Å². The molecule has 258 valence electrons. The monoisotopic (exact) mass is 611 g/mol. The molecule has 43 heavy (non-hydrogen) atoms. The Morgan fingerprint density at radius 1 is 0.419 bits per heavy atom. The van der Waals surface area contributed by atoms with E-state index < -0.39 is 0 Å². The normalized spacial score (nSPS) is 11.8. The summed E-state index contributed by atoms with van der Waals surface area (Å²) in [5, 5.41) is 0. The van der Waals surface area contributed by atoms with Crippen LogP contribution in [0.5, 0.6) is 0 Å². The first-order valence-corrected chi connectivity index (χ1v) is 19.4. The molecular weight excluding hydrogens is 532 g/mol. The molecule has 0 aromatic heterocycles. The highest BCUT2D eigenvalue weighted by Crippen LogP contribution is 2.15. The summed E-state index contributed by atoms with van der Waals surface area (Å²) in [4.78, 5) is 0. The first-order chi connectivity index (χ1) is 21.3. The maximum atomic E-state index is 6.22. The number of unbranched alkanes of at least 4 members (excludes halogenated alkanes) is 24. The molecule has 0 atom stereocenters. The van der Waals surface area contributed by atoms with E-state index in [1.165, 1.54) is 167 Å². The fourth-order valence-electron chi connectivity index (χ4n) is 5.49. The van der Waals surface area contributed by atoms with E-state index in [1.54, 1.807) is 0 Å². The van der Waals surface area contributed by atoms with Crippen LogP contribution in [0.15, 0.2) is 12.3 Å². The van der Waals surface area contributed by atoms with Crippen molar-refractivity contribution in [2.24, 2.45) is 0 Å². The van der Waals surface area contributed by atoms with Crippen LogP contribution in [0.1, 0.15) is 207 Å². The van der Waals surface area contributed by atoms with Crippen LogP contribution >= 0.6 is 0 Å². The van der Waals surface area contributed by atoms with Crippen molar-refractivity contribution in [2.45, 2.75) is 213 Å². The first kappa shape index (κ1) is 42.4. The minimum absolute atomic E-state index is 0.00939. The van der Waals surface area contributed by atoms with E-state index in [1.807, 2.05) is 6.26 Å². The molecule has 4 heteroatoms. The summed E-state index contributed by atoms with van der Waals surface area (Å²) < 4.78 is 23.4. The Morgan fingerprint density at radius 2 is 0.814 bits per heavy atom. The summed E-state index contributed by atoms with van der Waals surface area (Å²) in [6.45, 7) is 9.76. The molecule has 0 saturated heterocycles. The highest BCUT2D eigenvalue weighted by Gasteiger charge is 2.09. The predicted octanol–water partition coefficient (Wildman–Crippen LogP) is 13.2. The van der Waals surface area contributed by atoms with Gasteiger partial charge < -0.3 is 18.9 Å². The second-order valence-corrected chi connectivity index (χ2v) is 12.8. The number of hydrogen-bond acceptors (Lipinski definition) is 4. The second-order valence-electron chi connectivity index (χ2n) is 12.8. The largest absolute Gasteiger partial charge is 0.475 e. The Morgan fingerprint density at radius 3 is 1.30 bits per heavy atom. The summed E-state index contributed by atoms with van der Waals surface area (Å²) in [6, 6.07) is 0. The van der Waals surface area contributed by atoms with Gasteiger partial charge in [0.05, 0.1) is 12.9 Å². The van der Waals surface area contributed by atoms with Crippen LogP contribution in [-0.2, 0) is 18.9 Å². The van der Waals surface area contributed by atoms with E-state index >= 15 is 0 Å². The Hall–Kier alpha value is -0.580.